The van der Waals surface area contributed by atoms with Crippen LogP contribution in [0, 0.1) is 6.92 Å². The van der Waals surface area contributed by atoms with Gasteiger partial charge in [-0.2, -0.15) is 4.98 Å². The Kier molecular flexibility index (Phi) is 3.57. The van der Waals surface area contributed by atoms with Gasteiger partial charge in [0.2, 0.25) is 5.82 Å². The van der Waals surface area contributed by atoms with Crippen LogP contribution >= 0.6 is 23.2 Å². The van der Waals surface area contributed by atoms with Crippen LogP contribution in [0.1, 0.15) is 5.56 Å². The molecule has 0 amide bonds. The highest BCUT2D eigenvalue weighted by molar-refractivity contribution is 6.37. The SMILES string of the molecule is Cc1ccccc1-c1noc(-c2c(Cl)ccc(Cl)c2N)n1. The van der Waals surface area contributed by atoms with Crippen molar-refractivity contribution in [2.24, 2.45) is 0 Å². The van der Waals surface area contributed by atoms with Gasteiger partial charge in [-0.3, -0.25) is 0 Å². The van der Waals surface area contributed by atoms with Crippen LogP contribution in [0.4, 0.5) is 5.69 Å². The molecule has 6 heteroatoms. The van der Waals surface area contributed by atoms with Gasteiger partial charge in [-0.1, -0.05) is 52.6 Å². The summed E-state index contributed by atoms with van der Waals surface area (Å²) >= 11 is 12.2. The Balaban J connectivity index is 2.12. The maximum absolute atomic E-state index is 6.16. The monoisotopic (exact) mass is 319 g/mol. The molecule has 1 aromatic heterocycles. The van der Waals surface area contributed by atoms with Crippen LogP contribution in [-0.2, 0) is 0 Å². The Morgan fingerprint density at radius 3 is 2.52 bits per heavy atom. The van der Waals surface area contributed by atoms with Gasteiger partial charge in [0.25, 0.3) is 5.89 Å². The molecule has 0 aliphatic carbocycles. The number of nitrogen functional groups attached to an aromatic ring is 1. The summed E-state index contributed by atoms with van der Waals surface area (Å²) in [6, 6.07) is 11.0. The van der Waals surface area contributed by atoms with Gasteiger partial charge >= 0.3 is 0 Å². The van der Waals surface area contributed by atoms with Crippen molar-refractivity contribution < 1.29 is 4.52 Å². The van der Waals surface area contributed by atoms with Crippen molar-refractivity contribution in [3.05, 3.63) is 52.0 Å². The Bertz CT molecular complexity index is 814. The zero-order chi connectivity index (χ0) is 15.0. The molecule has 0 unspecified atom stereocenters. The molecule has 3 rings (SSSR count). The van der Waals surface area contributed by atoms with E-state index in [0.29, 0.717) is 27.1 Å². The van der Waals surface area contributed by atoms with Crippen LogP contribution in [0.15, 0.2) is 40.9 Å². The number of nitrogens with two attached hydrogens (primary N) is 1. The molecule has 0 radical (unpaired) electrons. The van der Waals surface area contributed by atoms with Crippen molar-refractivity contribution in [1.29, 1.82) is 0 Å². The number of halogens is 2. The quantitative estimate of drug-likeness (QED) is 0.701. The van der Waals surface area contributed by atoms with Crippen molar-refractivity contribution in [1.82, 2.24) is 10.1 Å². The lowest BCUT2D eigenvalue weighted by molar-refractivity contribution is 0.432. The van der Waals surface area contributed by atoms with E-state index in [4.69, 9.17) is 33.5 Å². The lowest BCUT2D eigenvalue weighted by Gasteiger charge is -2.04. The number of aromatic nitrogens is 2. The molecule has 0 spiro atoms. The van der Waals surface area contributed by atoms with Crippen molar-refractivity contribution >= 4 is 28.9 Å². The van der Waals surface area contributed by atoms with Crippen LogP contribution in [-0.4, -0.2) is 10.1 Å². The van der Waals surface area contributed by atoms with E-state index in [1.54, 1.807) is 12.1 Å². The number of rotatable bonds is 2. The molecule has 3 aromatic rings. The topological polar surface area (TPSA) is 64.9 Å². The second kappa shape index (κ2) is 5.39. The minimum atomic E-state index is 0.248. The molecule has 2 N–H and O–H groups in total. The maximum Gasteiger partial charge on any atom is 0.261 e. The van der Waals surface area contributed by atoms with Gasteiger partial charge in [0, 0.05) is 5.56 Å². The van der Waals surface area contributed by atoms with Gasteiger partial charge in [0.15, 0.2) is 0 Å². The molecule has 0 saturated heterocycles. The smallest absolute Gasteiger partial charge is 0.261 e. The first-order valence-corrected chi connectivity index (χ1v) is 6.97. The zero-order valence-electron chi connectivity index (χ0n) is 11.1. The third kappa shape index (κ3) is 2.48. The van der Waals surface area contributed by atoms with Crippen molar-refractivity contribution in [3.8, 4) is 22.8 Å². The number of hydrogen-bond donors (Lipinski definition) is 1. The molecular weight excluding hydrogens is 309 g/mol. The summed E-state index contributed by atoms with van der Waals surface area (Å²) in [6.07, 6.45) is 0. The summed E-state index contributed by atoms with van der Waals surface area (Å²) in [5.74, 6) is 0.733. The predicted molar refractivity (Wildman–Crippen MR) is 84.3 cm³/mol. The summed E-state index contributed by atoms with van der Waals surface area (Å²) in [6.45, 7) is 1.98. The standard InChI is InChI=1S/C15H11Cl2N3O/c1-8-4-2-3-5-9(8)14-19-15(21-20-14)12-10(16)6-7-11(17)13(12)18/h2-7H,18H2,1H3. The van der Waals surface area contributed by atoms with Gasteiger partial charge in [-0.25, -0.2) is 0 Å². The van der Waals surface area contributed by atoms with Gasteiger partial charge in [0.05, 0.1) is 21.3 Å². The average Bonchev–Trinajstić information content (AvgIpc) is 2.93. The number of nitrogens with zero attached hydrogens (tertiary/aromatic N) is 2. The minimum absolute atomic E-state index is 0.248. The van der Waals surface area contributed by atoms with Crippen LogP contribution in [0.3, 0.4) is 0 Å². The maximum atomic E-state index is 6.16. The Labute approximate surface area is 131 Å². The highest BCUT2D eigenvalue weighted by Crippen LogP contribution is 2.37. The van der Waals surface area contributed by atoms with Gasteiger partial charge in [-0.15, -0.1) is 0 Å². The van der Waals surface area contributed by atoms with E-state index in [2.05, 4.69) is 10.1 Å². The number of aryl methyl sites for hydroxylation is 1. The van der Waals surface area contributed by atoms with Crippen LogP contribution in [0.2, 0.25) is 10.0 Å². The van der Waals surface area contributed by atoms with E-state index >= 15 is 0 Å². The highest BCUT2D eigenvalue weighted by atomic mass is 35.5. The highest BCUT2D eigenvalue weighted by Gasteiger charge is 2.18. The molecule has 4 nitrogen and oxygen atoms in total. The zero-order valence-corrected chi connectivity index (χ0v) is 12.6. The first-order chi connectivity index (χ1) is 10.1. The second-order valence-electron chi connectivity index (χ2n) is 4.56. The molecule has 1 heterocycles. The molecule has 0 aliphatic rings. The molecule has 106 valence electrons. The van der Waals surface area contributed by atoms with E-state index in [-0.39, 0.29) is 5.89 Å². The lowest BCUT2D eigenvalue weighted by Crippen LogP contribution is -1.93. The summed E-state index contributed by atoms with van der Waals surface area (Å²) in [5.41, 5.74) is 8.67. The van der Waals surface area contributed by atoms with E-state index in [0.717, 1.165) is 11.1 Å². The fourth-order valence-corrected chi connectivity index (χ4v) is 2.45. The molecule has 2 aromatic carbocycles. The summed E-state index contributed by atoms with van der Waals surface area (Å²) in [4.78, 5) is 4.37. The van der Waals surface area contributed by atoms with Crippen molar-refractivity contribution in [2.75, 3.05) is 5.73 Å². The van der Waals surface area contributed by atoms with Gasteiger partial charge < -0.3 is 10.3 Å². The fraction of sp³-hybridized carbons (Fsp3) is 0.0667. The van der Waals surface area contributed by atoms with Crippen molar-refractivity contribution in [2.45, 2.75) is 6.92 Å². The summed E-state index contributed by atoms with van der Waals surface area (Å²) in [7, 11) is 0. The molecular formula is C15H11Cl2N3O. The third-order valence-corrected chi connectivity index (χ3v) is 3.81. The number of anilines is 1. The Morgan fingerprint density at radius 1 is 1.05 bits per heavy atom. The first kappa shape index (κ1) is 13.9. The van der Waals surface area contributed by atoms with E-state index in [1.165, 1.54) is 0 Å². The molecule has 0 aliphatic heterocycles. The lowest BCUT2D eigenvalue weighted by atomic mass is 10.1. The van der Waals surface area contributed by atoms with Crippen molar-refractivity contribution in [3.63, 3.8) is 0 Å². The van der Waals surface area contributed by atoms with E-state index in [9.17, 15) is 0 Å². The minimum Gasteiger partial charge on any atom is -0.397 e. The van der Waals surface area contributed by atoms with Crippen LogP contribution < -0.4 is 5.73 Å². The summed E-state index contributed by atoms with van der Waals surface area (Å²) in [5, 5.41) is 4.80. The van der Waals surface area contributed by atoms with Gasteiger partial charge in [-0.05, 0) is 24.6 Å². The molecule has 0 fully saturated rings. The third-order valence-electron chi connectivity index (χ3n) is 3.17. The fourth-order valence-electron chi connectivity index (χ4n) is 2.04. The van der Waals surface area contributed by atoms with Crippen LogP contribution in [0.5, 0.6) is 0 Å². The normalized spacial score (nSPS) is 10.8. The van der Waals surface area contributed by atoms with Crippen LogP contribution in [0.25, 0.3) is 22.8 Å². The van der Waals surface area contributed by atoms with E-state index in [1.807, 2.05) is 31.2 Å². The Hall–Kier alpha value is -2.04. The summed E-state index contributed by atoms with van der Waals surface area (Å²) < 4.78 is 5.29. The second-order valence-corrected chi connectivity index (χ2v) is 5.37. The average molecular weight is 320 g/mol. The molecule has 0 bridgehead atoms. The largest absolute Gasteiger partial charge is 0.397 e. The van der Waals surface area contributed by atoms with Gasteiger partial charge in [0.1, 0.15) is 0 Å². The first-order valence-electron chi connectivity index (χ1n) is 6.21. The molecule has 21 heavy (non-hydrogen) atoms. The predicted octanol–water partition coefficient (Wildman–Crippen LogP) is 4.60. The molecule has 0 saturated carbocycles. The molecule has 0 atom stereocenters. The number of benzene rings is 2. The van der Waals surface area contributed by atoms with E-state index < -0.39 is 0 Å². The number of hydrogen-bond acceptors (Lipinski definition) is 4. The Morgan fingerprint density at radius 2 is 1.76 bits per heavy atom.